The van der Waals surface area contributed by atoms with Crippen LogP contribution in [0.5, 0.6) is 5.88 Å². The van der Waals surface area contributed by atoms with Gasteiger partial charge in [0.1, 0.15) is 0 Å². The number of aromatic nitrogens is 1. The first-order valence-corrected chi connectivity index (χ1v) is 5.14. The van der Waals surface area contributed by atoms with Crippen LogP contribution in [0.3, 0.4) is 0 Å². The van der Waals surface area contributed by atoms with Crippen LogP contribution in [0.25, 0.3) is 11.1 Å². The standard InChI is InChI=1S/C12H11ClN2O/c1-16-12-7-9(4-5-15-12)8-2-3-10(13)11(14)6-8/h2-7H,14H2,1H3. The lowest BCUT2D eigenvalue weighted by atomic mass is 10.1. The number of hydrogen-bond donors (Lipinski definition) is 1. The second kappa shape index (κ2) is 4.41. The van der Waals surface area contributed by atoms with E-state index in [1.165, 1.54) is 0 Å². The van der Waals surface area contributed by atoms with Crippen LogP contribution >= 0.6 is 11.6 Å². The molecule has 2 rings (SSSR count). The fraction of sp³-hybridized carbons (Fsp3) is 0.0833. The molecule has 0 saturated carbocycles. The largest absolute Gasteiger partial charge is 0.481 e. The number of pyridine rings is 1. The summed E-state index contributed by atoms with van der Waals surface area (Å²) in [6, 6.07) is 9.26. The predicted molar refractivity (Wildman–Crippen MR) is 65.6 cm³/mol. The van der Waals surface area contributed by atoms with Crippen LogP contribution in [0, 0.1) is 0 Å². The molecule has 0 radical (unpaired) electrons. The minimum absolute atomic E-state index is 0.560. The Kier molecular flexibility index (Phi) is 2.97. The molecule has 0 unspecified atom stereocenters. The van der Waals surface area contributed by atoms with Crippen LogP contribution in [0.1, 0.15) is 0 Å². The number of ether oxygens (including phenoxy) is 1. The average molecular weight is 235 g/mol. The van der Waals surface area contributed by atoms with Gasteiger partial charge in [-0.15, -0.1) is 0 Å². The second-order valence-corrected chi connectivity index (χ2v) is 3.73. The molecule has 2 aromatic rings. The number of nitrogens with two attached hydrogens (primary N) is 1. The Morgan fingerprint density at radius 1 is 1.19 bits per heavy atom. The van der Waals surface area contributed by atoms with E-state index in [-0.39, 0.29) is 0 Å². The summed E-state index contributed by atoms with van der Waals surface area (Å²) in [6.07, 6.45) is 1.69. The lowest BCUT2D eigenvalue weighted by Crippen LogP contribution is -1.89. The Labute approximate surface area is 98.8 Å². The third-order valence-electron chi connectivity index (χ3n) is 2.27. The molecule has 0 bridgehead atoms. The second-order valence-electron chi connectivity index (χ2n) is 3.32. The van der Waals surface area contributed by atoms with Gasteiger partial charge in [0, 0.05) is 12.3 Å². The van der Waals surface area contributed by atoms with Gasteiger partial charge in [-0.1, -0.05) is 17.7 Å². The van der Waals surface area contributed by atoms with E-state index >= 15 is 0 Å². The molecule has 82 valence electrons. The molecule has 1 aromatic carbocycles. The van der Waals surface area contributed by atoms with Crippen LogP contribution in [-0.4, -0.2) is 12.1 Å². The fourth-order valence-corrected chi connectivity index (χ4v) is 1.54. The first kappa shape index (κ1) is 10.8. The van der Waals surface area contributed by atoms with Gasteiger partial charge in [0.15, 0.2) is 0 Å². The minimum atomic E-state index is 0.560. The third kappa shape index (κ3) is 2.09. The summed E-state index contributed by atoms with van der Waals surface area (Å²) in [5, 5.41) is 0.560. The van der Waals surface area contributed by atoms with Gasteiger partial charge in [0.25, 0.3) is 0 Å². The van der Waals surface area contributed by atoms with Crippen LogP contribution in [0.2, 0.25) is 5.02 Å². The maximum absolute atomic E-state index is 5.86. The molecular weight excluding hydrogens is 224 g/mol. The molecule has 0 aliphatic carbocycles. The van der Waals surface area contributed by atoms with Crippen molar-refractivity contribution in [1.82, 2.24) is 4.98 Å². The molecule has 16 heavy (non-hydrogen) atoms. The highest BCUT2D eigenvalue weighted by Crippen LogP contribution is 2.27. The molecule has 0 saturated heterocycles. The molecule has 2 N–H and O–H groups in total. The number of nitrogen functional groups attached to an aromatic ring is 1. The zero-order valence-corrected chi connectivity index (χ0v) is 9.53. The highest BCUT2D eigenvalue weighted by atomic mass is 35.5. The van der Waals surface area contributed by atoms with Crippen molar-refractivity contribution in [3.05, 3.63) is 41.6 Å². The maximum atomic E-state index is 5.86. The van der Waals surface area contributed by atoms with Crippen molar-refractivity contribution in [2.24, 2.45) is 0 Å². The number of rotatable bonds is 2. The summed E-state index contributed by atoms with van der Waals surface area (Å²) < 4.78 is 5.06. The Hall–Kier alpha value is -1.74. The first-order valence-electron chi connectivity index (χ1n) is 4.76. The highest BCUT2D eigenvalue weighted by Gasteiger charge is 2.02. The van der Waals surface area contributed by atoms with Gasteiger partial charge in [-0.05, 0) is 29.3 Å². The highest BCUT2D eigenvalue weighted by molar-refractivity contribution is 6.33. The maximum Gasteiger partial charge on any atom is 0.213 e. The van der Waals surface area contributed by atoms with Gasteiger partial charge in [-0.25, -0.2) is 4.98 Å². The van der Waals surface area contributed by atoms with Crippen molar-refractivity contribution in [3.8, 4) is 17.0 Å². The summed E-state index contributed by atoms with van der Waals surface area (Å²) in [6.45, 7) is 0. The van der Waals surface area contributed by atoms with Gasteiger partial charge < -0.3 is 10.5 Å². The van der Waals surface area contributed by atoms with Gasteiger partial charge in [0.2, 0.25) is 5.88 Å². The number of benzene rings is 1. The molecule has 1 aromatic heterocycles. The molecule has 0 amide bonds. The van der Waals surface area contributed by atoms with Gasteiger partial charge in [-0.2, -0.15) is 0 Å². The van der Waals surface area contributed by atoms with Crippen molar-refractivity contribution in [2.45, 2.75) is 0 Å². The summed E-state index contributed by atoms with van der Waals surface area (Å²) in [5.41, 5.74) is 8.30. The van der Waals surface area contributed by atoms with Gasteiger partial charge >= 0.3 is 0 Å². The Balaban J connectivity index is 2.46. The Bertz CT molecular complexity index is 514. The molecule has 1 heterocycles. The molecule has 0 aliphatic heterocycles. The van der Waals surface area contributed by atoms with E-state index in [1.54, 1.807) is 19.4 Å². The zero-order chi connectivity index (χ0) is 11.5. The predicted octanol–water partition coefficient (Wildman–Crippen LogP) is 2.99. The number of methoxy groups -OCH3 is 1. The van der Waals surface area contributed by atoms with E-state index in [0.717, 1.165) is 11.1 Å². The molecule has 4 heteroatoms. The normalized spacial score (nSPS) is 10.1. The van der Waals surface area contributed by atoms with E-state index in [2.05, 4.69) is 4.98 Å². The van der Waals surface area contributed by atoms with E-state index in [4.69, 9.17) is 22.1 Å². The average Bonchev–Trinajstić information content (AvgIpc) is 2.33. The Morgan fingerprint density at radius 2 is 1.94 bits per heavy atom. The molecule has 0 fully saturated rings. The van der Waals surface area contributed by atoms with E-state index in [1.807, 2.05) is 24.3 Å². The molecule has 3 nitrogen and oxygen atoms in total. The minimum Gasteiger partial charge on any atom is -0.481 e. The third-order valence-corrected chi connectivity index (χ3v) is 2.62. The van der Waals surface area contributed by atoms with Crippen molar-refractivity contribution in [1.29, 1.82) is 0 Å². The van der Waals surface area contributed by atoms with Crippen LogP contribution in [-0.2, 0) is 0 Å². The zero-order valence-electron chi connectivity index (χ0n) is 8.77. The summed E-state index contributed by atoms with van der Waals surface area (Å²) >= 11 is 5.86. The van der Waals surface area contributed by atoms with Crippen molar-refractivity contribution in [2.75, 3.05) is 12.8 Å². The summed E-state index contributed by atoms with van der Waals surface area (Å²) in [7, 11) is 1.59. The number of anilines is 1. The first-order chi connectivity index (χ1) is 7.70. The number of nitrogens with zero attached hydrogens (tertiary/aromatic N) is 1. The SMILES string of the molecule is COc1cc(-c2ccc(Cl)c(N)c2)ccn1. The van der Waals surface area contributed by atoms with E-state index in [9.17, 15) is 0 Å². The van der Waals surface area contributed by atoms with E-state index < -0.39 is 0 Å². The smallest absolute Gasteiger partial charge is 0.213 e. The monoisotopic (exact) mass is 234 g/mol. The lowest BCUT2D eigenvalue weighted by molar-refractivity contribution is 0.398. The lowest BCUT2D eigenvalue weighted by Gasteiger charge is -2.05. The van der Waals surface area contributed by atoms with Crippen LogP contribution < -0.4 is 10.5 Å². The quantitative estimate of drug-likeness (QED) is 0.813. The molecule has 0 atom stereocenters. The number of hydrogen-bond acceptors (Lipinski definition) is 3. The van der Waals surface area contributed by atoms with Crippen molar-refractivity contribution < 1.29 is 4.74 Å². The van der Waals surface area contributed by atoms with Gasteiger partial charge in [-0.3, -0.25) is 0 Å². The topological polar surface area (TPSA) is 48.1 Å². The molecule has 0 aliphatic rings. The molecular formula is C12H11ClN2O. The van der Waals surface area contributed by atoms with E-state index in [0.29, 0.717) is 16.6 Å². The van der Waals surface area contributed by atoms with Crippen LogP contribution in [0.15, 0.2) is 36.5 Å². The summed E-state index contributed by atoms with van der Waals surface area (Å²) in [4.78, 5) is 4.04. The molecule has 0 spiro atoms. The van der Waals surface area contributed by atoms with Crippen molar-refractivity contribution >= 4 is 17.3 Å². The summed E-state index contributed by atoms with van der Waals surface area (Å²) in [5.74, 6) is 0.575. The fourth-order valence-electron chi connectivity index (χ4n) is 1.42. The van der Waals surface area contributed by atoms with Crippen molar-refractivity contribution in [3.63, 3.8) is 0 Å². The Morgan fingerprint density at radius 3 is 2.62 bits per heavy atom. The van der Waals surface area contributed by atoms with Crippen LogP contribution in [0.4, 0.5) is 5.69 Å². The van der Waals surface area contributed by atoms with Gasteiger partial charge in [0.05, 0.1) is 17.8 Å². The number of halogens is 1.